The average Bonchev–Trinajstić information content (AvgIpc) is 2.28. The quantitative estimate of drug-likeness (QED) is 0.835. The Labute approximate surface area is 91.4 Å². The molecule has 1 aromatic heterocycles. The summed E-state index contributed by atoms with van der Waals surface area (Å²) >= 11 is 0. The van der Waals surface area contributed by atoms with Gasteiger partial charge in [-0.1, -0.05) is 0 Å². The zero-order valence-corrected chi connectivity index (χ0v) is 8.64. The Hall–Kier alpha value is -2.17. The summed E-state index contributed by atoms with van der Waals surface area (Å²) in [6, 6.07) is 5.72. The van der Waals surface area contributed by atoms with Gasteiger partial charge in [-0.2, -0.15) is 0 Å². The molecular formula is C11H10FN3O. The van der Waals surface area contributed by atoms with Crippen molar-refractivity contribution in [2.45, 2.75) is 0 Å². The third-order valence-corrected chi connectivity index (χ3v) is 2.12. The topological polar surface area (TPSA) is 46.9 Å². The van der Waals surface area contributed by atoms with E-state index in [1.165, 1.54) is 22.9 Å². The van der Waals surface area contributed by atoms with Crippen LogP contribution in [0.3, 0.4) is 0 Å². The van der Waals surface area contributed by atoms with Gasteiger partial charge in [0.25, 0.3) is 5.56 Å². The Morgan fingerprint density at radius 1 is 1.31 bits per heavy atom. The molecule has 0 unspecified atom stereocenters. The van der Waals surface area contributed by atoms with Crippen LogP contribution in [0.4, 0.5) is 15.9 Å². The van der Waals surface area contributed by atoms with Gasteiger partial charge in [0.15, 0.2) is 5.82 Å². The Kier molecular flexibility index (Phi) is 2.68. The van der Waals surface area contributed by atoms with Crippen LogP contribution in [0.2, 0.25) is 0 Å². The molecule has 0 bridgehead atoms. The van der Waals surface area contributed by atoms with Crippen molar-refractivity contribution in [1.29, 1.82) is 0 Å². The lowest BCUT2D eigenvalue weighted by molar-refractivity contribution is 0.628. The predicted octanol–water partition coefficient (Wildman–Crippen LogP) is 1.66. The summed E-state index contributed by atoms with van der Waals surface area (Å²) in [6.45, 7) is 0. The molecule has 0 spiro atoms. The van der Waals surface area contributed by atoms with E-state index in [2.05, 4.69) is 10.3 Å². The normalized spacial score (nSPS) is 10.1. The van der Waals surface area contributed by atoms with Crippen LogP contribution >= 0.6 is 0 Å². The van der Waals surface area contributed by atoms with Crippen LogP contribution in [-0.4, -0.2) is 9.55 Å². The molecular weight excluding hydrogens is 209 g/mol. The third kappa shape index (κ3) is 2.08. The summed E-state index contributed by atoms with van der Waals surface area (Å²) in [5.41, 5.74) is 0.393. The van der Waals surface area contributed by atoms with E-state index in [0.29, 0.717) is 5.69 Å². The van der Waals surface area contributed by atoms with E-state index in [1.807, 2.05) is 0 Å². The largest absolute Gasteiger partial charge is 0.336 e. The van der Waals surface area contributed by atoms with Gasteiger partial charge in [-0.15, -0.1) is 0 Å². The predicted molar refractivity (Wildman–Crippen MR) is 59.2 cm³/mol. The second kappa shape index (κ2) is 4.14. The van der Waals surface area contributed by atoms with E-state index in [1.54, 1.807) is 25.4 Å². The molecule has 0 aliphatic heterocycles. The van der Waals surface area contributed by atoms with Gasteiger partial charge >= 0.3 is 0 Å². The highest BCUT2D eigenvalue weighted by Crippen LogP contribution is 2.11. The van der Waals surface area contributed by atoms with Crippen molar-refractivity contribution in [2.75, 3.05) is 5.32 Å². The molecule has 82 valence electrons. The molecule has 1 heterocycles. The second-order valence-corrected chi connectivity index (χ2v) is 3.32. The lowest BCUT2D eigenvalue weighted by Crippen LogP contribution is -2.20. The highest BCUT2D eigenvalue weighted by atomic mass is 19.1. The molecule has 0 atom stereocenters. The van der Waals surface area contributed by atoms with Crippen molar-refractivity contribution in [3.05, 3.63) is 52.8 Å². The van der Waals surface area contributed by atoms with Gasteiger partial charge in [0.05, 0.1) is 0 Å². The van der Waals surface area contributed by atoms with E-state index in [0.717, 1.165) is 0 Å². The van der Waals surface area contributed by atoms with E-state index in [-0.39, 0.29) is 17.2 Å². The van der Waals surface area contributed by atoms with E-state index in [9.17, 15) is 9.18 Å². The minimum atomic E-state index is -0.320. The first kappa shape index (κ1) is 10.4. The number of nitrogens with one attached hydrogen (secondary N) is 1. The summed E-state index contributed by atoms with van der Waals surface area (Å²) in [4.78, 5) is 15.5. The Balaban J connectivity index is 2.31. The maximum Gasteiger partial charge on any atom is 0.293 e. The number of hydrogen-bond acceptors (Lipinski definition) is 3. The van der Waals surface area contributed by atoms with Gasteiger partial charge < -0.3 is 9.88 Å². The van der Waals surface area contributed by atoms with Gasteiger partial charge in [0.1, 0.15) is 5.82 Å². The molecule has 0 aliphatic rings. The van der Waals surface area contributed by atoms with E-state index < -0.39 is 0 Å². The Morgan fingerprint density at radius 3 is 2.69 bits per heavy atom. The van der Waals surface area contributed by atoms with Gasteiger partial charge in [-0.3, -0.25) is 4.79 Å². The molecule has 1 aromatic carbocycles. The molecule has 5 heteroatoms. The van der Waals surface area contributed by atoms with E-state index >= 15 is 0 Å². The Morgan fingerprint density at radius 2 is 2.00 bits per heavy atom. The van der Waals surface area contributed by atoms with Crippen LogP contribution in [-0.2, 0) is 7.05 Å². The van der Waals surface area contributed by atoms with Crippen molar-refractivity contribution in [1.82, 2.24) is 9.55 Å². The maximum absolute atomic E-state index is 12.7. The monoisotopic (exact) mass is 219 g/mol. The summed E-state index contributed by atoms with van der Waals surface area (Å²) in [5.74, 6) is -0.101. The van der Waals surface area contributed by atoms with Crippen LogP contribution in [0.1, 0.15) is 0 Å². The second-order valence-electron chi connectivity index (χ2n) is 3.32. The van der Waals surface area contributed by atoms with Crippen LogP contribution in [0.15, 0.2) is 41.5 Å². The zero-order chi connectivity index (χ0) is 11.5. The zero-order valence-electron chi connectivity index (χ0n) is 8.64. The standard InChI is InChI=1S/C11H10FN3O/c1-15-7-6-13-10(11(15)16)14-9-4-2-8(12)3-5-9/h2-7H,1H3,(H,13,14). The molecule has 1 N–H and O–H groups in total. The lowest BCUT2D eigenvalue weighted by Gasteiger charge is -2.05. The number of anilines is 2. The lowest BCUT2D eigenvalue weighted by atomic mass is 10.3. The molecule has 16 heavy (non-hydrogen) atoms. The number of nitrogens with zero attached hydrogens (tertiary/aromatic N) is 2. The first-order chi connectivity index (χ1) is 7.66. The summed E-state index contributed by atoms with van der Waals surface area (Å²) in [5, 5.41) is 2.83. The highest BCUT2D eigenvalue weighted by molar-refractivity contribution is 5.54. The Bertz CT molecular complexity index is 548. The van der Waals surface area contributed by atoms with Gasteiger partial charge in [0, 0.05) is 25.1 Å². The minimum Gasteiger partial charge on any atom is -0.336 e. The SMILES string of the molecule is Cn1ccnc(Nc2ccc(F)cc2)c1=O. The average molecular weight is 219 g/mol. The molecule has 4 nitrogen and oxygen atoms in total. The molecule has 2 aromatic rings. The number of aryl methyl sites for hydroxylation is 1. The fourth-order valence-corrected chi connectivity index (χ4v) is 1.25. The molecule has 0 saturated carbocycles. The number of halogens is 1. The van der Waals surface area contributed by atoms with Crippen LogP contribution in [0.5, 0.6) is 0 Å². The molecule has 0 saturated heterocycles. The summed E-state index contributed by atoms with van der Waals surface area (Å²) in [7, 11) is 1.64. The number of hydrogen-bond donors (Lipinski definition) is 1. The van der Waals surface area contributed by atoms with Gasteiger partial charge in [-0.25, -0.2) is 9.37 Å². The maximum atomic E-state index is 12.7. The van der Waals surface area contributed by atoms with Gasteiger partial charge in [0.2, 0.25) is 0 Å². The van der Waals surface area contributed by atoms with E-state index in [4.69, 9.17) is 0 Å². The van der Waals surface area contributed by atoms with Crippen LogP contribution in [0, 0.1) is 5.82 Å². The number of rotatable bonds is 2. The van der Waals surface area contributed by atoms with Crippen LogP contribution < -0.4 is 10.9 Å². The van der Waals surface area contributed by atoms with Crippen LogP contribution in [0.25, 0.3) is 0 Å². The molecule has 0 aliphatic carbocycles. The van der Waals surface area contributed by atoms with Crippen molar-refractivity contribution in [2.24, 2.45) is 7.05 Å². The third-order valence-electron chi connectivity index (χ3n) is 2.12. The first-order valence-electron chi connectivity index (χ1n) is 4.71. The first-order valence-corrected chi connectivity index (χ1v) is 4.71. The van der Waals surface area contributed by atoms with Crippen molar-refractivity contribution in [3.63, 3.8) is 0 Å². The number of aromatic nitrogens is 2. The summed E-state index contributed by atoms with van der Waals surface area (Å²) in [6.07, 6.45) is 3.09. The van der Waals surface area contributed by atoms with Crippen molar-refractivity contribution >= 4 is 11.5 Å². The summed E-state index contributed by atoms with van der Waals surface area (Å²) < 4.78 is 14.1. The molecule has 0 radical (unpaired) electrons. The van der Waals surface area contributed by atoms with Gasteiger partial charge in [-0.05, 0) is 24.3 Å². The van der Waals surface area contributed by atoms with Crippen molar-refractivity contribution in [3.8, 4) is 0 Å². The fourth-order valence-electron chi connectivity index (χ4n) is 1.25. The van der Waals surface area contributed by atoms with Crippen molar-refractivity contribution < 1.29 is 4.39 Å². The molecule has 2 rings (SSSR count). The molecule has 0 amide bonds. The number of benzene rings is 1. The fraction of sp³-hybridized carbons (Fsp3) is 0.0909. The highest BCUT2D eigenvalue weighted by Gasteiger charge is 2.02. The molecule has 0 fully saturated rings. The minimum absolute atomic E-state index is 0.219. The smallest absolute Gasteiger partial charge is 0.293 e.